The molecule has 2 aromatic heterocycles. The van der Waals surface area contributed by atoms with Gasteiger partial charge in [-0.2, -0.15) is 0 Å². The van der Waals surface area contributed by atoms with E-state index in [1.165, 1.54) is 5.56 Å². The van der Waals surface area contributed by atoms with Crippen molar-refractivity contribution in [1.82, 2.24) is 4.98 Å². The van der Waals surface area contributed by atoms with Gasteiger partial charge in [0, 0.05) is 21.7 Å². The van der Waals surface area contributed by atoms with Crippen LogP contribution in [0.3, 0.4) is 0 Å². The lowest BCUT2D eigenvalue weighted by Gasteiger charge is -2.09. The van der Waals surface area contributed by atoms with Gasteiger partial charge in [-0.1, -0.05) is 0 Å². The van der Waals surface area contributed by atoms with Gasteiger partial charge in [-0.3, -0.25) is 4.98 Å². The molecule has 0 spiro atoms. The predicted octanol–water partition coefficient (Wildman–Crippen LogP) is 3.57. The van der Waals surface area contributed by atoms with Crippen LogP contribution in [0.15, 0.2) is 40.4 Å². The third-order valence-electron chi connectivity index (χ3n) is 2.40. The summed E-state index contributed by atoms with van der Waals surface area (Å²) < 4.78 is 1.000. The lowest BCUT2D eigenvalue weighted by molar-refractivity contribution is 0.171. The zero-order valence-corrected chi connectivity index (χ0v) is 11.0. The molecule has 0 aliphatic heterocycles. The fourth-order valence-corrected chi connectivity index (χ4v) is 3.19. The van der Waals surface area contributed by atoms with E-state index in [2.05, 4.69) is 20.9 Å². The van der Waals surface area contributed by atoms with Crippen molar-refractivity contribution in [3.63, 3.8) is 0 Å². The highest BCUT2D eigenvalue weighted by Crippen LogP contribution is 2.31. The Balaban J connectivity index is 1.94. The van der Waals surface area contributed by atoms with E-state index in [0.717, 1.165) is 22.2 Å². The van der Waals surface area contributed by atoms with Crippen molar-refractivity contribution in [2.24, 2.45) is 0 Å². The Labute approximate surface area is 107 Å². The first-order valence-corrected chi connectivity index (χ1v) is 6.74. The number of pyridine rings is 1. The Morgan fingerprint density at radius 3 is 2.69 bits per heavy atom. The van der Waals surface area contributed by atoms with Gasteiger partial charge in [-0.05, 0) is 57.9 Å². The number of rotatable bonds is 4. The summed E-state index contributed by atoms with van der Waals surface area (Å²) in [6.07, 6.45) is 4.78. The van der Waals surface area contributed by atoms with Crippen LogP contribution in [0.1, 0.15) is 23.0 Å². The van der Waals surface area contributed by atoms with Crippen LogP contribution in [-0.2, 0) is 6.42 Å². The van der Waals surface area contributed by atoms with Crippen molar-refractivity contribution in [1.29, 1.82) is 0 Å². The Bertz CT molecular complexity index is 443. The monoisotopic (exact) mass is 297 g/mol. The van der Waals surface area contributed by atoms with Crippen LogP contribution in [0.25, 0.3) is 0 Å². The lowest BCUT2D eigenvalue weighted by atomic mass is 10.1. The van der Waals surface area contributed by atoms with E-state index in [1.807, 2.05) is 23.6 Å². The molecule has 0 aromatic carbocycles. The highest BCUT2D eigenvalue weighted by Gasteiger charge is 2.12. The van der Waals surface area contributed by atoms with E-state index < -0.39 is 0 Å². The van der Waals surface area contributed by atoms with Gasteiger partial charge in [-0.15, -0.1) is 11.3 Å². The lowest BCUT2D eigenvalue weighted by Crippen LogP contribution is -1.98. The van der Waals surface area contributed by atoms with Gasteiger partial charge in [-0.25, -0.2) is 0 Å². The van der Waals surface area contributed by atoms with E-state index in [0.29, 0.717) is 0 Å². The normalized spacial score (nSPS) is 12.6. The minimum absolute atomic E-state index is 0.387. The summed E-state index contributed by atoms with van der Waals surface area (Å²) in [6, 6.07) is 5.93. The molecular formula is C12H12BrNOS. The van der Waals surface area contributed by atoms with Crippen LogP contribution in [0, 0.1) is 0 Å². The molecule has 0 aliphatic rings. The van der Waals surface area contributed by atoms with Gasteiger partial charge in [0.25, 0.3) is 0 Å². The first kappa shape index (κ1) is 11.8. The number of hydrogen-bond acceptors (Lipinski definition) is 3. The van der Waals surface area contributed by atoms with Crippen LogP contribution in [0.4, 0.5) is 0 Å². The van der Waals surface area contributed by atoms with Crippen molar-refractivity contribution in [3.8, 4) is 0 Å². The second kappa shape index (κ2) is 5.57. The van der Waals surface area contributed by atoms with E-state index in [9.17, 15) is 5.11 Å². The Morgan fingerprint density at radius 1 is 1.31 bits per heavy atom. The SMILES string of the molecule is OC(CCc1ccncc1)c1sccc1Br. The molecule has 1 unspecified atom stereocenters. The van der Waals surface area contributed by atoms with Crippen LogP contribution >= 0.6 is 27.3 Å². The predicted molar refractivity (Wildman–Crippen MR) is 69.5 cm³/mol. The Kier molecular flexibility index (Phi) is 4.09. The molecule has 2 aromatic rings. The Morgan fingerprint density at radius 2 is 2.06 bits per heavy atom. The molecule has 1 N–H and O–H groups in total. The first-order chi connectivity index (χ1) is 7.77. The molecule has 0 saturated carbocycles. The summed E-state index contributed by atoms with van der Waals surface area (Å²) in [7, 11) is 0. The molecule has 2 nitrogen and oxygen atoms in total. The summed E-state index contributed by atoms with van der Waals surface area (Å²) in [5, 5.41) is 12.0. The summed E-state index contributed by atoms with van der Waals surface area (Å²) in [6.45, 7) is 0. The molecule has 1 atom stereocenters. The zero-order chi connectivity index (χ0) is 11.4. The minimum Gasteiger partial charge on any atom is -0.388 e. The molecule has 0 fully saturated rings. The molecule has 0 aliphatic carbocycles. The maximum Gasteiger partial charge on any atom is 0.0896 e. The second-order valence-corrected chi connectivity index (χ2v) is 5.34. The molecule has 0 saturated heterocycles. The number of aromatic nitrogens is 1. The van der Waals surface area contributed by atoms with Gasteiger partial charge in [0.1, 0.15) is 0 Å². The standard InChI is InChI=1S/C12H12BrNOS/c13-10-5-8-16-12(10)11(15)2-1-9-3-6-14-7-4-9/h3-8,11,15H,1-2H2. The van der Waals surface area contributed by atoms with Gasteiger partial charge < -0.3 is 5.11 Å². The third-order valence-corrected chi connectivity index (χ3v) is 4.38. The summed E-state index contributed by atoms with van der Waals surface area (Å²) in [5.74, 6) is 0. The highest BCUT2D eigenvalue weighted by atomic mass is 79.9. The van der Waals surface area contributed by atoms with Crippen molar-refractivity contribution in [3.05, 3.63) is 50.9 Å². The largest absolute Gasteiger partial charge is 0.388 e. The first-order valence-electron chi connectivity index (χ1n) is 5.07. The molecule has 4 heteroatoms. The van der Waals surface area contributed by atoms with Crippen LogP contribution in [0.2, 0.25) is 0 Å². The van der Waals surface area contributed by atoms with Crippen LogP contribution in [0.5, 0.6) is 0 Å². The minimum atomic E-state index is -0.387. The number of halogens is 1. The molecule has 16 heavy (non-hydrogen) atoms. The summed E-state index contributed by atoms with van der Waals surface area (Å²) in [5.41, 5.74) is 1.21. The Hall–Kier alpha value is -0.710. The molecule has 0 amide bonds. The van der Waals surface area contributed by atoms with Gasteiger partial charge in [0.15, 0.2) is 0 Å². The smallest absolute Gasteiger partial charge is 0.0896 e. The van der Waals surface area contributed by atoms with Crippen molar-refractivity contribution in [2.45, 2.75) is 18.9 Å². The van der Waals surface area contributed by atoms with E-state index in [1.54, 1.807) is 23.7 Å². The maximum atomic E-state index is 10.0. The van der Waals surface area contributed by atoms with E-state index in [4.69, 9.17) is 0 Å². The van der Waals surface area contributed by atoms with Crippen LogP contribution < -0.4 is 0 Å². The highest BCUT2D eigenvalue weighted by molar-refractivity contribution is 9.10. The summed E-state index contributed by atoms with van der Waals surface area (Å²) >= 11 is 5.02. The van der Waals surface area contributed by atoms with Crippen molar-refractivity contribution in [2.75, 3.05) is 0 Å². The summed E-state index contributed by atoms with van der Waals surface area (Å²) in [4.78, 5) is 4.98. The third kappa shape index (κ3) is 2.90. The quantitative estimate of drug-likeness (QED) is 0.936. The molecular weight excluding hydrogens is 286 g/mol. The fraction of sp³-hybridized carbons (Fsp3) is 0.250. The molecule has 0 bridgehead atoms. The molecule has 0 radical (unpaired) electrons. The van der Waals surface area contributed by atoms with Gasteiger partial charge in [0.05, 0.1) is 6.10 Å². The average Bonchev–Trinajstić information content (AvgIpc) is 2.74. The van der Waals surface area contributed by atoms with Gasteiger partial charge in [0.2, 0.25) is 0 Å². The van der Waals surface area contributed by atoms with Crippen molar-refractivity contribution < 1.29 is 5.11 Å². The van der Waals surface area contributed by atoms with Crippen LogP contribution in [-0.4, -0.2) is 10.1 Å². The molecule has 84 valence electrons. The van der Waals surface area contributed by atoms with Crippen molar-refractivity contribution >= 4 is 27.3 Å². The number of thiophene rings is 1. The number of aliphatic hydroxyl groups excluding tert-OH is 1. The average molecular weight is 298 g/mol. The topological polar surface area (TPSA) is 33.1 Å². The fourth-order valence-electron chi connectivity index (χ4n) is 1.53. The number of nitrogens with zero attached hydrogens (tertiary/aromatic N) is 1. The van der Waals surface area contributed by atoms with Gasteiger partial charge >= 0.3 is 0 Å². The number of aliphatic hydroxyl groups is 1. The zero-order valence-electron chi connectivity index (χ0n) is 8.64. The van der Waals surface area contributed by atoms with E-state index in [-0.39, 0.29) is 6.10 Å². The van der Waals surface area contributed by atoms with E-state index >= 15 is 0 Å². The maximum absolute atomic E-state index is 10.0. The molecule has 2 heterocycles. The molecule has 2 rings (SSSR count). The number of aryl methyl sites for hydroxylation is 1. The number of hydrogen-bond donors (Lipinski definition) is 1. The second-order valence-electron chi connectivity index (χ2n) is 3.54.